The van der Waals surface area contributed by atoms with E-state index in [-0.39, 0.29) is 5.91 Å². The van der Waals surface area contributed by atoms with Gasteiger partial charge in [0.1, 0.15) is 0 Å². The molecular weight excluding hydrogens is 484 g/mol. The van der Waals surface area contributed by atoms with Crippen molar-refractivity contribution in [2.75, 3.05) is 41.7 Å². The molecule has 0 bridgehead atoms. The summed E-state index contributed by atoms with van der Waals surface area (Å²) >= 11 is 6.34. The van der Waals surface area contributed by atoms with Gasteiger partial charge in [0.15, 0.2) is 0 Å². The molecule has 0 spiro atoms. The topological polar surface area (TPSA) is 73.4 Å². The number of benzene rings is 3. The molecule has 37 heavy (non-hydrogen) atoms. The van der Waals surface area contributed by atoms with Crippen molar-refractivity contribution in [3.8, 4) is 11.3 Å². The van der Waals surface area contributed by atoms with Gasteiger partial charge in [-0.1, -0.05) is 41.9 Å². The zero-order valence-electron chi connectivity index (χ0n) is 20.7. The Hall–Kier alpha value is -3.94. The number of amides is 1. The van der Waals surface area contributed by atoms with Crippen molar-refractivity contribution in [1.82, 2.24) is 14.9 Å². The molecule has 0 aliphatic carbocycles. The van der Waals surface area contributed by atoms with Crippen LogP contribution >= 0.6 is 11.6 Å². The lowest BCUT2D eigenvalue weighted by Gasteiger charge is -2.36. The highest BCUT2D eigenvalue weighted by Gasteiger charge is 2.18. The molecule has 2 heterocycles. The average Bonchev–Trinajstić information content (AvgIpc) is 2.91. The van der Waals surface area contributed by atoms with E-state index in [0.717, 1.165) is 60.4 Å². The minimum Gasteiger partial charge on any atom is -0.369 e. The molecule has 3 aromatic carbocycles. The Kier molecular flexibility index (Phi) is 7.63. The second-order valence-corrected chi connectivity index (χ2v) is 9.46. The van der Waals surface area contributed by atoms with Gasteiger partial charge >= 0.3 is 0 Å². The number of nitrogens with zero attached hydrogens (tertiary/aromatic N) is 4. The number of halogens is 1. The van der Waals surface area contributed by atoms with Gasteiger partial charge in [-0.05, 0) is 54.1 Å². The largest absolute Gasteiger partial charge is 0.369 e. The lowest BCUT2D eigenvalue weighted by Crippen LogP contribution is -2.46. The van der Waals surface area contributed by atoms with Crippen molar-refractivity contribution in [1.29, 1.82) is 0 Å². The van der Waals surface area contributed by atoms with Crippen molar-refractivity contribution in [3.63, 3.8) is 0 Å². The second kappa shape index (κ2) is 11.4. The highest BCUT2D eigenvalue weighted by molar-refractivity contribution is 6.31. The number of hydrogen-bond donors (Lipinski definition) is 2. The molecule has 2 N–H and O–H groups in total. The van der Waals surface area contributed by atoms with E-state index < -0.39 is 0 Å². The van der Waals surface area contributed by atoms with Gasteiger partial charge in [0.25, 0.3) is 0 Å². The minimum absolute atomic E-state index is 0.0945. The van der Waals surface area contributed by atoms with Crippen molar-refractivity contribution in [2.24, 2.45) is 0 Å². The molecule has 0 unspecified atom stereocenters. The molecule has 1 saturated heterocycles. The van der Waals surface area contributed by atoms with Crippen LogP contribution in [0.4, 0.5) is 23.0 Å². The van der Waals surface area contributed by atoms with Crippen LogP contribution in [0.1, 0.15) is 12.5 Å². The van der Waals surface area contributed by atoms with Crippen LogP contribution in [0.5, 0.6) is 0 Å². The molecule has 0 atom stereocenters. The van der Waals surface area contributed by atoms with Crippen LogP contribution in [-0.2, 0) is 11.3 Å². The summed E-state index contributed by atoms with van der Waals surface area (Å²) in [6, 6.07) is 25.9. The van der Waals surface area contributed by atoms with Crippen LogP contribution in [0, 0.1) is 0 Å². The minimum atomic E-state index is -0.0945. The first-order chi connectivity index (χ1) is 18.0. The Balaban J connectivity index is 1.17. The van der Waals surface area contributed by atoms with Crippen LogP contribution in [-0.4, -0.2) is 47.0 Å². The van der Waals surface area contributed by atoms with E-state index in [9.17, 15) is 4.79 Å². The summed E-state index contributed by atoms with van der Waals surface area (Å²) in [7, 11) is 0. The van der Waals surface area contributed by atoms with Gasteiger partial charge in [-0.25, -0.2) is 9.97 Å². The smallest absolute Gasteiger partial charge is 0.227 e. The van der Waals surface area contributed by atoms with Gasteiger partial charge in [-0.3, -0.25) is 9.69 Å². The Morgan fingerprint density at radius 2 is 1.59 bits per heavy atom. The van der Waals surface area contributed by atoms with E-state index in [1.165, 1.54) is 18.2 Å². The predicted molar refractivity (Wildman–Crippen MR) is 150 cm³/mol. The number of rotatable bonds is 7. The highest BCUT2D eigenvalue weighted by Crippen LogP contribution is 2.24. The zero-order chi connectivity index (χ0) is 25.6. The van der Waals surface area contributed by atoms with E-state index in [1.54, 1.807) is 6.20 Å². The molecule has 1 aromatic heterocycles. The molecule has 7 nitrogen and oxygen atoms in total. The summed E-state index contributed by atoms with van der Waals surface area (Å²) in [4.78, 5) is 25.1. The predicted octanol–water partition coefficient (Wildman–Crippen LogP) is 5.82. The number of hydrogen-bond acceptors (Lipinski definition) is 6. The van der Waals surface area contributed by atoms with Gasteiger partial charge in [0, 0.05) is 73.5 Å². The molecule has 1 aliphatic heterocycles. The van der Waals surface area contributed by atoms with Gasteiger partial charge in [0.2, 0.25) is 11.9 Å². The normalized spacial score (nSPS) is 13.8. The maximum absolute atomic E-state index is 11.2. The fourth-order valence-electron chi connectivity index (χ4n) is 4.42. The van der Waals surface area contributed by atoms with E-state index in [4.69, 9.17) is 11.6 Å². The van der Waals surface area contributed by atoms with Gasteiger partial charge in [-0.2, -0.15) is 0 Å². The maximum atomic E-state index is 11.2. The van der Waals surface area contributed by atoms with E-state index >= 15 is 0 Å². The molecule has 8 heteroatoms. The van der Waals surface area contributed by atoms with Crippen LogP contribution in [0.25, 0.3) is 11.3 Å². The summed E-state index contributed by atoms with van der Waals surface area (Å²) in [6.07, 6.45) is 1.74. The van der Waals surface area contributed by atoms with Gasteiger partial charge in [-0.15, -0.1) is 0 Å². The summed E-state index contributed by atoms with van der Waals surface area (Å²) in [5.74, 6) is 0.437. The van der Waals surface area contributed by atoms with E-state index in [2.05, 4.69) is 60.7 Å². The van der Waals surface area contributed by atoms with Crippen molar-refractivity contribution in [3.05, 3.63) is 95.6 Å². The van der Waals surface area contributed by atoms with E-state index in [0.29, 0.717) is 5.95 Å². The Morgan fingerprint density at radius 3 is 2.30 bits per heavy atom. The third kappa shape index (κ3) is 6.44. The Bertz CT molecular complexity index is 1350. The summed E-state index contributed by atoms with van der Waals surface area (Å²) in [5, 5.41) is 6.91. The van der Waals surface area contributed by atoms with Crippen molar-refractivity contribution < 1.29 is 4.79 Å². The molecule has 0 saturated carbocycles. The fraction of sp³-hybridized carbons (Fsp3) is 0.207. The van der Waals surface area contributed by atoms with Crippen LogP contribution in [0.15, 0.2) is 85.1 Å². The number of piperazine rings is 1. The number of carbonyl (C=O) groups is 1. The lowest BCUT2D eigenvalue weighted by atomic mass is 10.1. The average molecular weight is 513 g/mol. The van der Waals surface area contributed by atoms with Crippen LogP contribution < -0.4 is 15.5 Å². The Morgan fingerprint density at radius 1 is 0.892 bits per heavy atom. The fourth-order valence-corrected chi connectivity index (χ4v) is 4.62. The molecule has 5 rings (SSSR count). The Labute approximate surface area is 222 Å². The second-order valence-electron chi connectivity index (χ2n) is 9.05. The third-order valence-corrected chi connectivity index (χ3v) is 6.74. The van der Waals surface area contributed by atoms with Gasteiger partial charge < -0.3 is 15.5 Å². The molecule has 4 aromatic rings. The van der Waals surface area contributed by atoms with Crippen molar-refractivity contribution >= 4 is 40.5 Å². The third-order valence-electron chi connectivity index (χ3n) is 6.37. The highest BCUT2D eigenvalue weighted by atomic mass is 35.5. The number of nitrogens with one attached hydrogen (secondary N) is 2. The first-order valence-corrected chi connectivity index (χ1v) is 12.7. The lowest BCUT2D eigenvalue weighted by molar-refractivity contribution is -0.114. The quantitative estimate of drug-likeness (QED) is 0.325. The zero-order valence-corrected chi connectivity index (χ0v) is 21.4. The number of anilines is 4. The summed E-state index contributed by atoms with van der Waals surface area (Å²) in [5.41, 5.74) is 5.82. The van der Waals surface area contributed by atoms with Gasteiger partial charge in [0.05, 0.1) is 5.69 Å². The maximum Gasteiger partial charge on any atom is 0.227 e. The summed E-state index contributed by atoms with van der Waals surface area (Å²) in [6.45, 7) is 6.32. The summed E-state index contributed by atoms with van der Waals surface area (Å²) < 4.78 is 0. The molecule has 1 fully saturated rings. The molecule has 1 aliphatic rings. The molecule has 188 valence electrons. The molecular formula is C29H29ClN6O. The SMILES string of the molecule is CC(=O)Nc1ccc(-c2ccnc(Nc3ccc(N4CCN(Cc5ccccc5Cl)CC4)cc3)n2)cc1. The van der Waals surface area contributed by atoms with Crippen LogP contribution in [0.3, 0.4) is 0 Å². The molecule has 0 radical (unpaired) electrons. The standard InChI is InChI=1S/C29H29ClN6O/c1-21(37)32-24-8-6-22(7-9-24)28-14-15-31-29(34-28)33-25-10-12-26(13-11-25)36-18-16-35(17-19-36)20-23-4-2-3-5-27(23)30/h2-15H,16-20H2,1H3,(H,32,37)(H,31,33,34). The van der Waals surface area contributed by atoms with E-state index in [1.807, 2.05) is 48.5 Å². The number of aromatic nitrogens is 2. The molecule has 1 amide bonds. The van der Waals surface area contributed by atoms with Crippen molar-refractivity contribution in [2.45, 2.75) is 13.5 Å². The van der Waals surface area contributed by atoms with Crippen LogP contribution in [0.2, 0.25) is 5.02 Å². The number of carbonyl (C=O) groups excluding carboxylic acids is 1. The monoisotopic (exact) mass is 512 g/mol. The first kappa shape index (κ1) is 24.7. The first-order valence-electron chi connectivity index (χ1n) is 12.3.